The number of hydrogen-bond acceptors (Lipinski definition) is 4. The lowest BCUT2D eigenvalue weighted by Crippen LogP contribution is -2.36. The lowest BCUT2D eigenvalue weighted by Gasteiger charge is -2.28. The van der Waals surface area contributed by atoms with E-state index in [1.54, 1.807) is 6.07 Å². The fourth-order valence-electron chi connectivity index (χ4n) is 2.36. The molecule has 3 rings (SSSR count). The first kappa shape index (κ1) is 14.3. The highest BCUT2D eigenvalue weighted by atomic mass is 79.9. The first-order chi connectivity index (χ1) is 10.1. The third-order valence-electron chi connectivity index (χ3n) is 3.51. The van der Waals surface area contributed by atoms with Gasteiger partial charge in [0.15, 0.2) is 0 Å². The van der Waals surface area contributed by atoms with Crippen molar-refractivity contribution in [2.24, 2.45) is 0 Å². The van der Waals surface area contributed by atoms with E-state index in [0.717, 1.165) is 37.6 Å². The molecule has 2 aromatic rings. The molecular formula is C15H15BrFN3O. The molecule has 2 heterocycles. The molecule has 1 saturated heterocycles. The van der Waals surface area contributed by atoms with Crippen LogP contribution in [0.25, 0.3) is 11.1 Å². The minimum atomic E-state index is -0.560. The normalized spacial score (nSPS) is 15.2. The summed E-state index contributed by atoms with van der Waals surface area (Å²) in [5.41, 5.74) is 7.90. The Hall–Kier alpha value is -1.66. The van der Waals surface area contributed by atoms with Gasteiger partial charge in [0.2, 0.25) is 5.95 Å². The van der Waals surface area contributed by atoms with Gasteiger partial charge < -0.3 is 15.4 Å². The Morgan fingerprint density at radius 3 is 2.52 bits per heavy atom. The van der Waals surface area contributed by atoms with Gasteiger partial charge in [0.25, 0.3) is 0 Å². The average molecular weight is 352 g/mol. The van der Waals surface area contributed by atoms with Crippen LogP contribution in [0.5, 0.6) is 0 Å². The molecule has 0 bridgehead atoms. The van der Waals surface area contributed by atoms with Crippen LogP contribution >= 0.6 is 15.9 Å². The molecule has 0 spiro atoms. The van der Waals surface area contributed by atoms with Crippen molar-refractivity contribution in [1.29, 1.82) is 0 Å². The number of nitrogen functional groups attached to an aromatic ring is 1. The predicted octanol–water partition coefficient (Wildman–Crippen LogP) is 3.07. The molecule has 1 aromatic heterocycles. The maximum atomic E-state index is 13.9. The van der Waals surface area contributed by atoms with E-state index in [9.17, 15) is 4.39 Å². The molecule has 2 N–H and O–H groups in total. The van der Waals surface area contributed by atoms with E-state index < -0.39 is 5.95 Å². The summed E-state index contributed by atoms with van der Waals surface area (Å²) < 4.78 is 19.9. The molecule has 1 aliphatic heterocycles. The smallest absolute Gasteiger partial charge is 0.222 e. The van der Waals surface area contributed by atoms with Crippen LogP contribution in [0.1, 0.15) is 0 Å². The summed E-state index contributed by atoms with van der Waals surface area (Å²) in [5, 5.41) is 0. The fraction of sp³-hybridized carbons (Fsp3) is 0.267. The Morgan fingerprint density at radius 2 is 1.86 bits per heavy atom. The van der Waals surface area contributed by atoms with E-state index in [4.69, 9.17) is 10.5 Å². The molecule has 1 fully saturated rings. The minimum Gasteiger partial charge on any atom is -0.383 e. The largest absolute Gasteiger partial charge is 0.383 e. The summed E-state index contributed by atoms with van der Waals surface area (Å²) >= 11 is 3.28. The highest BCUT2D eigenvalue weighted by molar-refractivity contribution is 9.10. The van der Waals surface area contributed by atoms with Crippen LogP contribution in [-0.4, -0.2) is 31.3 Å². The molecule has 1 aliphatic rings. The third-order valence-corrected chi connectivity index (χ3v) is 4.15. The molecule has 0 aliphatic carbocycles. The van der Waals surface area contributed by atoms with Crippen LogP contribution in [0.4, 0.5) is 15.9 Å². The van der Waals surface area contributed by atoms with E-state index in [1.165, 1.54) is 0 Å². The third kappa shape index (κ3) is 3.01. The second-order valence-corrected chi connectivity index (χ2v) is 5.69. The maximum Gasteiger partial charge on any atom is 0.222 e. The van der Waals surface area contributed by atoms with E-state index >= 15 is 0 Å². The van der Waals surface area contributed by atoms with Gasteiger partial charge in [-0.05, 0) is 39.7 Å². The minimum absolute atomic E-state index is 0.154. The van der Waals surface area contributed by atoms with Crippen molar-refractivity contribution in [3.63, 3.8) is 0 Å². The highest BCUT2D eigenvalue weighted by Crippen LogP contribution is 2.29. The number of anilines is 2. The SMILES string of the molecule is Nc1nc(F)c(-c2ccc(N3CCOCC3)cc2)cc1Br. The number of nitrogens with two attached hydrogens (primary N) is 1. The van der Waals surface area contributed by atoms with Crippen molar-refractivity contribution >= 4 is 27.4 Å². The molecule has 110 valence electrons. The zero-order valence-electron chi connectivity index (χ0n) is 11.4. The molecule has 0 saturated carbocycles. The zero-order valence-corrected chi connectivity index (χ0v) is 12.9. The van der Waals surface area contributed by atoms with Crippen LogP contribution in [0, 0.1) is 5.95 Å². The van der Waals surface area contributed by atoms with Crippen LogP contribution < -0.4 is 10.6 Å². The van der Waals surface area contributed by atoms with Crippen molar-refractivity contribution in [1.82, 2.24) is 4.98 Å². The van der Waals surface area contributed by atoms with Gasteiger partial charge in [-0.25, -0.2) is 4.98 Å². The van der Waals surface area contributed by atoms with Crippen molar-refractivity contribution < 1.29 is 9.13 Å². The monoisotopic (exact) mass is 351 g/mol. The summed E-state index contributed by atoms with van der Waals surface area (Å²) in [4.78, 5) is 5.95. The number of hydrogen-bond donors (Lipinski definition) is 1. The topological polar surface area (TPSA) is 51.4 Å². The van der Waals surface area contributed by atoms with Crippen LogP contribution in [0.2, 0.25) is 0 Å². The molecule has 0 unspecified atom stereocenters. The second-order valence-electron chi connectivity index (χ2n) is 4.84. The van der Waals surface area contributed by atoms with Gasteiger partial charge in [0.05, 0.1) is 17.7 Å². The van der Waals surface area contributed by atoms with Gasteiger partial charge in [-0.15, -0.1) is 0 Å². The van der Waals surface area contributed by atoms with Crippen molar-refractivity contribution in [2.45, 2.75) is 0 Å². The molecule has 0 amide bonds. The Balaban J connectivity index is 1.88. The number of nitrogens with zero attached hydrogens (tertiary/aromatic N) is 2. The number of benzene rings is 1. The van der Waals surface area contributed by atoms with Crippen molar-refractivity contribution in [2.75, 3.05) is 36.9 Å². The van der Waals surface area contributed by atoms with Crippen molar-refractivity contribution in [3.05, 3.63) is 40.8 Å². The van der Waals surface area contributed by atoms with Gasteiger partial charge >= 0.3 is 0 Å². The number of aromatic nitrogens is 1. The summed E-state index contributed by atoms with van der Waals surface area (Å²) in [6.07, 6.45) is 0. The number of pyridine rings is 1. The second kappa shape index (κ2) is 5.99. The van der Waals surface area contributed by atoms with E-state index in [-0.39, 0.29) is 5.82 Å². The van der Waals surface area contributed by atoms with Crippen LogP contribution in [0.3, 0.4) is 0 Å². The van der Waals surface area contributed by atoms with E-state index in [1.807, 2.05) is 24.3 Å². The first-order valence-corrected chi connectivity index (χ1v) is 7.49. The number of morpholine rings is 1. The molecule has 0 radical (unpaired) electrons. The Kier molecular flexibility index (Phi) is 4.07. The maximum absolute atomic E-state index is 13.9. The van der Waals surface area contributed by atoms with E-state index in [2.05, 4.69) is 25.8 Å². The van der Waals surface area contributed by atoms with Crippen LogP contribution in [-0.2, 0) is 4.74 Å². The van der Waals surface area contributed by atoms with Crippen molar-refractivity contribution in [3.8, 4) is 11.1 Å². The molecular weight excluding hydrogens is 337 g/mol. The Morgan fingerprint density at radius 1 is 1.19 bits per heavy atom. The predicted molar refractivity (Wildman–Crippen MR) is 84.8 cm³/mol. The fourth-order valence-corrected chi connectivity index (χ4v) is 2.67. The molecule has 1 aromatic carbocycles. The van der Waals surface area contributed by atoms with Gasteiger partial charge in [0, 0.05) is 24.3 Å². The number of rotatable bonds is 2. The van der Waals surface area contributed by atoms with Crippen LogP contribution in [0.15, 0.2) is 34.8 Å². The highest BCUT2D eigenvalue weighted by Gasteiger charge is 2.13. The van der Waals surface area contributed by atoms with Gasteiger partial charge in [-0.3, -0.25) is 0 Å². The number of halogens is 2. The summed E-state index contributed by atoms with van der Waals surface area (Å²) in [6.45, 7) is 3.24. The molecule has 6 heteroatoms. The summed E-state index contributed by atoms with van der Waals surface area (Å²) in [6, 6.07) is 9.43. The first-order valence-electron chi connectivity index (χ1n) is 6.70. The van der Waals surface area contributed by atoms with Gasteiger partial charge in [-0.1, -0.05) is 12.1 Å². The number of ether oxygens (including phenoxy) is 1. The Bertz CT molecular complexity index is 642. The lowest BCUT2D eigenvalue weighted by molar-refractivity contribution is 0.122. The average Bonchev–Trinajstić information content (AvgIpc) is 2.52. The molecule has 4 nitrogen and oxygen atoms in total. The summed E-state index contributed by atoms with van der Waals surface area (Å²) in [5.74, 6) is -0.406. The lowest BCUT2D eigenvalue weighted by atomic mass is 10.1. The quantitative estimate of drug-likeness (QED) is 0.844. The standard InChI is InChI=1S/C15H15BrFN3O/c16-13-9-12(14(17)19-15(13)18)10-1-3-11(4-2-10)20-5-7-21-8-6-20/h1-4,9H,5-8H2,(H2,18,19). The zero-order chi connectivity index (χ0) is 14.8. The summed E-state index contributed by atoms with van der Waals surface area (Å²) in [7, 11) is 0. The van der Waals surface area contributed by atoms with Gasteiger partial charge in [-0.2, -0.15) is 4.39 Å². The Labute approximate surface area is 130 Å². The van der Waals surface area contributed by atoms with Gasteiger partial charge in [0.1, 0.15) is 5.82 Å². The van der Waals surface area contributed by atoms with E-state index in [0.29, 0.717) is 10.0 Å². The molecule has 0 atom stereocenters. The molecule has 21 heavy (non-hydrogen) atoms.